The molecule has 104 valence electrons. The van der Waals surface area contributed by atoms with Gasteiger partial charge in [-0.1, -0.05) is 11.1 Å². The van der Waals surface area contributed by atoms with Crippen LogP contribution in [0.1, 0.15) is 5.56 Å². The molecule has 0 heterocycles. The molecule has 10 heteroatoms. The summed E-state index contributed by atoms with van der Waals surface area (Å²) in [6, 6.07) is 6.78. The lowest BCUT2D eigenvalue weighted by molar-refractivity contribution is -0.432. The van der Waals surface area contributed by atoms with Gasteiger partial charge in [-0.05, 0) is 23.8 Å². The Morgan fingerprint density at radius 2 is 2.00 bits per heavy atom. The van der Waals surface area contributed by atoms with Gasteiger partial charge in [0.25, 0.3) is 10.1 Å². The van der Waals surface area contributed by atoms with Crippen LogP contribution in [-0.4, -0.2) is 18.2 Å². The molecule has 0 saturated heterocycles. The molecule has 0 amide bonds. The smallest absolute Gasteiger partial charge is 0.282 e. The van der Waals surface area contributed by atoms with E-state index in [-0.39, 0.29) is 16.0 Å². The lowest BCUT2D eigenvalue weighted by Crippen LogP contribution is -2.01. The number of nitriles is 2. The van der Waals surface area contributed by atoms with Gasteiger partial charge in [0.1, 0.15) is 22.6 Å². The van der Waals surface area contributed by atoms with Crippen molar-refractivity contribution >= 4 is 28.2 Å². The molecular weight excluding hydrogens is 308 g/mol. The van der Waals surface area contributed by atoms with Crippen LogP contribution in [0.15, 0.2) is 33.6 Å². The number of hydrogen-bond acceptors (Lipinski definition) is 8. The van der Waals surface area contributed by atoms with Crippen molar-refractivity contribution in [3.8, 4) is 12.1 Å². The molecule has 0 aliphatic heterocycles. The van der Waals surface area contributed by atoms with Gasteiger partial charge in [0, 0.05) is 4.90 Å². The second-order valence-corrected chi connectivity index (χ2v) is 5.35. The maximum Gasteiger partial charge on any atom is 0.295 e. The molecule has 20 heavy (non-hydrogen) atoms. The Labute approximate surface area is 118 Å². The molecule has 0 fully saturated rings. The molecule has 1 aromatic rings. The van der Waals surface area contributed by atoms with Crippen molar-refractivity contribution in [3.63, 3.8) is 0 Å². The van der Waals surface area contributed by atoms with Crippen LogP contribution < -0.4 is 0 Å². The van der Waals surface area contributed by atoms with E-state index < -0.39 is 15.0 Å². The summed E-state index contributed by atoms with van der Waals surface area (Å²) in [5, 5.41) is 28.6. The number of benzene rings is 1. The largest absolute Gasteiger partial charge is 0.295 e. The van der Waals surface area contributed by atoms with Crippen LogP contribution in [0.3, 0.4) is 0 Å². The molecule has 1 aromatic carbocycles. The Hall–Kier alpha value is -1.92. The minimum Gasteiger partial charge on any atom is -0.282 e. The summed E-state index contributed by atoms with van der Waals surface area (Å²) in [7, 11) is -4.58. The Morgan fingerprint density at radius 3 is 2.50 bits per heavy atom. The van der Waals surface area contributed by atoms with Crippen molar-refractivity contribution in [2.24, 2.45) is 0 Å². The van der Waals surface area contributed by atoms with Crippen LogP contribution in [0.4, 0.5) is 0 Å². The van der Waals surface area contributed by atoms with Crippen molar-refractivity contribution in [1.82, 2.24) is 0 Å². The van der Waals surface area contributed by atoms with Gasteiger partial charge in [0.15, 0.2) is 0 Å². The number of rotatable bonds is 5. The fourth-order valence-corrected chi connectivity index (χ4v) is 2.38. The Balaban J connectivity index is 3.37. The Bertz CT molecular complexity index is 698. The van der Waals surface area contributed by atoms with Gasteiger partial charge in [0.05, 0.1) is 12.0 Å². The first-order chi connectivity index (χ1) is 9.42. The Kier molecular flexibility index (Phi) is 5.66. The predicted molar refractivity (Wildman–Crippen MR) is 66.1 cm³/mol. The van der Waals surface area contributed by atoms with Crippen molar-refractivity contribution in [1.29, 1.82) is 10.5 Å². The fourth-order valence-electron chi connectivity index (χ4n) is 1.21. The molecule has 0 bridgehead atoms. The van der Waals surface area contributed by atoms with Crippen molar-refractivity contribution in [3.05, 3.63) is 29.3 Å². The predicted octanol–water partition coefficient (Wildman–Crippen LogP) is 1.79. The standard InChI is InChI=1S/C10H6N2O6S2/c11-5-7(6-12)3-8-1-2-9(19-18-17-13)4-10(8)20(14,15)16/h1-4,13H,(H,14,15,16). The van der Waals surface area contributed by atoms with Crippen LogP contribution >= 0.6 is 12.0 Å². The number of allylic oxidation sites excluding steroid dienone is 1. The van der Waals surface area contributed by atoms with Crippen molar-refractivity contribution in [2.75, 3.05) is 0 Å². The number of nitrogens with zero attached hydrogens (tertiary/aromatic N) is 2. The monoisotopic (exact) mass is 314 g/mol. The van der Waals surface area contributed by atoms with Gasteiger partial charge in [-0.15, -0.1) is 4.33 Å². The topological polar surface area (TPSA) is 141 Å². The van der Waals surface area contributed by atoms with E-state index in [2.05, 4.69) is 9.37 Å². The van der Waals surface area contributed by atoms with E-state index in [1.807, 2.05) is 0 Å². The summed E-state index contributed by atoms with van der Waals surface area (Å²) in [5.74, 6) is 0. The lowest BCUT2D eigenvalue weighted by atomic mass is 10.1. The van der Waals surface area contributed by atoms with E-state index in [4.69, 9.17) is 20.3 Å². The minimum atomic E-state index is -4.58. The van der Waals surface area contributed by atoms with E-state index in [0.717, 1.165) is 12.1 Å². The van der Waals surface area contributed by atoms with Crippen molar-refractivity contribution < 1.29 is 27.6 Å². The van der Waals surface area contributed by atoms with Gasteiger partial charge in [-0.3, -0.25) is 4.55 Å². The molecule has 0 unspecified atom stereocenters. The molecule has 8 nitrogen and oxygen atoms in total. The molecule has 0 spiro atoms. The van der Waals surface area contributed by atoms with Gasteiger partial charge in [-0.25, -0.2) is 5.26 Å². The van der Waals surface area contributed by atoms with Crippen LogP contribution in [0.25, 0.3) is 6.08 Å². The normalized spacial score (nSPS) is 10.4. The van der Waals surface area contributed by atoms with E-state index in [1.54, 1.807) is 12.1 Å². The molecular formula is C10H6N2O6S2. The average molecular weight is 314 g/mol. The van der Waals surface area contributed by atoms with Gasteiger partial charge >= 0.3 is 0 Å². The number of hydrogen-bond donors (Lipinski definition) is 2. The van der Waals surface area contributed by atoms with Crippen LogP contribution in [0.2, 0.25) is 0 Å². The second kappa shape index (κ2) is 7.02. The maximum absolute atomic E-state index is 11.3. The van der Waals surface area contributed by atoms with Gasteiger partial charge in [-0.2, -0.15) is 18.9 Å². The molecule has 0 radical (unpaired) electrons. The average Bonchev–Trinajstić information content (AvgIpc) is 2.42. The molecule has 1 rings (SSSR count). The highest BCUT2D eigenvalue weighted by atomic mass is 32.2. The zero-order valence-electron chi connectivity index (χ0n) is 9.55. The molecule has 0 aromatic heterocycles. The van der Waals surface area contributed by atoms with Gasteiger partial charge in [0.2, 0.25) is 0 Å². The summed E-state index contributed by atoms with van der Waals surface area (Å²) < 4.78 is 35.8. The Morgan fingerprint density at radius 1 is 1.35 bits per heavy atom. The first-order valence-electron chi connectivity index (χ1n) is 4.70. The summed E-state index contributed by atoms with van der Waals surface area (Å²) >= 11 is 0.491. The first-order valence-corrected chi connectivity index (χ1v) is 6.88. The quantitative estimate of drug-likeness (QED) is 0.273. The zero-order valence-corrected chi connectivity index (χ0v) is 11.2. The highest BCUT2D eigenvalue weighted by molar-refractivity contribution is 7.94. The van der Waals surface area contributed by atoms with Crippen LogP contribution in [-0.2, 0) is 19.5 Å². The SMILES string of the molecule is N#CC(C#N)=Cc1ccc(SOOO)cc1S(=O)(=O)O. The van der Waals surface area contributed by atoms with E-state index in [0.29, 0.717) is 12.0 Å². The van der Waals surface area contributed by atoms with E-state index in [1.165, 1.54) is 12.1 Å². The molecule has 0 atom stereocenters. The summed E-state index contributed by atoms with van der Waals surface area (Å²) in [4.78, 5) is -0.327. The van der Waals surface area contributed by atoms with Crippen molar-refractivity contribution in [2.45, 2.75) is 9.79 Å². The maximum atomic E-state index is 11.3. The summed E-state index contributed by atoms with van der Waals surface area (Å²) in [6.07, 6.45) is 1.01. The molecule has 0 aliphatic rings. The first kappa shape index (κ1) is 16.1. The summed E-state index contributed by atoms with van der Waals surface area (Å²) in [6.45, 7) is 0. The zero-order chi connectivity index (χ0) is 15.2. The molecule has 0 aliphatic carbocycles. The minimum absolute atomic E-state index is 0.0418. The lowest BCUT2D eigenvalue weighted by Gasteiger charge is -2.05. The molecule has 2 N–H and O–H groups in total. The molecule has 0 saturated carbocycles. The third-order valence-electron chi connectivity index (χ3n) is 1.96. The van der Waals surface area contributed by atoms with Crippen LogP contribution in [0.5, 0.6) is 0 Å². The third kappa shape index (κ3) is 4.32. The second-order valence-electron chi connectivity index (χ2n) is 3.18. The summed E-state index contributed by atoms with van der Waals surface area (Å²) in [5.41, 5.74) is -0.370. The van der Waals surface area contributed by atoms with Gasteiger partial charge < -0.3 is 0 Å². The highest BCUT2D eigenvalue weighted by Crippen LogP contribution is 2.26. The van der Waals surface area contributed by atoms with Crippen LogP contribution in [0, 0.1) is 22.7 Å². The fraction of sp³-hybridized carbons (Fsp3) is 0. The third-order valence-corrected chi connectivity index (χ3v) is 3.45. The van der Waals surface area contributed by atoms with E-state index in [9.17, 15) is 8.42 Å². The van der Waals surface area contributed by atoms with E-state index >= 15 is 0 Å². The highest BCUT2D eigenvalue weighted by Gasteiger charge is 2.16.